The van der Waals surface area contributed by atoms with E-state index in [1.54, 1.807) is 0 Å². The standard InChI is InChI=1S/C21H24O4.C2H6/c1-21(2,15-3-7-17(8-4-15)22-11-19-13-24-19)16-5-9-18(10-6-16)23-12-20-14-25-20;1-2/h3-10,19-20H,11-14H2,1-2H3;1-2H3. The Labute approximate surface area is 162 Å². The lowest BCUT2D eigenvalue weighted by Crippen LogP contribution is -2.18. The first-order valence-corrected chi connectivity index (χ1v) is 9.81. The van der Waals surface area contributed by atoms with E-state index in [1.165, 1.54) is 11.1 Å². The molecular formula is C23H30O4. The van der Waals surface area contributed by atoms with Crippen molar-refractivity contribution < 1.29 is 18.9 Å². The number of epoxide rings is 2. The molecule has 4 nitrogen and oxygen atoms in total. The molecule has 2 aromatic carbocycles. The lowest BCUT2D eigenvalue weighted by molar-refractivity contribution is 0.263. The zero-order valence-electron chi connectivity index (χ0n) is 16.7. The van der Waals surface area contributed by atoms with Crippen LogP contribution in [0.5, 0.6) is 11.5 Å². The minimum atomic E-state index is -0.0870. The van der Waals surface area contributed by atoms with Crippen LogP contribution in [0.2, 0.25) is 0 Å². The summed E-state index contributed by atoms with van der Waals surface area (Å²) in [7, 11) is 0. The molecule has 2 aliphatic rings. The van der Waals surface area contributed by atoms with Crippen molar-refractivity contribution in [2.75, 3.05) is 26.4 Å². The van der Waals surface area contributed by atoms with Crippen molar-refractivity contribution in [3.63, 3.8) is 0 Å². The van der Waals surface area contributed by atoms with E-state index in [0.717, 1.165) is 24.7 Å². The average Bonchev–Trinajstić information content (AvgIpc) is 3.62. The summed E-state index contributed by atoms with van der Waals surface area (Å²) in [5.41, 5.74) is 2.42. The Morgan fingerprint density at radius 2 is 1.07 bits per heavy atom. The third-order valence-electron chi connectivity index (χ3n) is 4.83. The maximum atomic E-state index is 5.72. The van der Waals surface area contributed by atoms with E-state index in [4.69, 9.17) is 18.9 Å². The molecule has 2 fully saturated rings. The number of benzene rings is 2. The van der Waals surface area contributed by atoms with Crippen LogP contribution in [-0.2, 0) is 14.9 Å². The minimum Gasteiger partial charge on any atom is -0.491 e. The Kier molecular flexibility index (Phi) is 6.40. The van der Waals surface area contributed by atoms with Gasteiger partial charge in [0.1, 0.15) is 36.9 Å². The van der Waals surface area contributed by atoms with Gasteiger partial charge < -0.3 is 18.9 Å². The van der Waals surface area contributed by atoms with Crippen LogP contribution in [0.1, 0.15) is 38.8 Å². The van der Waals surface area contributed by atoms with E-state index in [0.29, 0.717) is 13.2 Å². The molecule has 0 radical (unpaired) electrons. The highest BCUT2D eigenvalue weighted by Crippen LogP contribution is 2.33. The van der Waals surface area contributed by atoms with Crippen molar-refractivity contribution in [1.82, 2.24) is 0 Å². The van der Waals surface area contributed by atoms with Gasteiger partial charge in [-0.05, 0) is 35.4 Å². The maximum absolute atomic E-state index is 5.72. The summed E-state index contributed by atoms with van der Waals surface area (Å²) in [6.45, 7) is 11.4. The first-order valence-electron chi connectivity index (χ1n) is 9.81. The van der Waals surface area contributed by atoms with Gasteiger partial charge in [0.25, 0.3) is 0 Å². The monoisotopic (exact) mass is 370 g/mol. The molecule has 2 aliphatic heterocycles. The van der Waals surface area contributed by atoms with E-state index in [1.807, 2.05) is 38.1 Å². The molecule has 0 aromatic heterocycles. The highest BCUT2D eigenvalue weighted by atomic mass is 16.6. The van der Waals surface area contributed by atoms with E-state index >= 15 is 0 Å². The van der Waals surface area contributed by atoms with Crippen LogP contribution in [0.15, 0.2) is 48.5 Å². The third-order valence-corrected chi connectivity index (χ3v) is 4.83. The number of rotatable bonds is 8. The fourth-order valence-corrected chi connectivity index (χ4v) is 2.81. The topological polar surface area (TPSA) is 43.5 Å². The minimum absolute atomic E-state index is 0.0870. The molecule has 27 heavy (non-hydrogen) atoms. The van der Waals surface area contributed by atoms with Gasteiger partial charge in [-0.25, -0.2) is 0 Å². The predicted octanol–water partition coefficient (Wildman–Crippen LogP) is 4.59. The molecule has 4 rings (SSSR count). The number of hydrogen-bond acceptors (Lipinski definition) is 4. The molecule has 0 saturated carbocycles. The van der Waals surface area contributed by atoms with Crippen molar-refractivity contribution >= 4 is 0 Å². The molecule has 4 heteroatoms. The largest absolute Gasteiger partial charge is 0.491 e. The van der Waals surface area contributed by atoms with Gasteiger partial charge in [-0.2, -0.15) is 0 Å². The quantitative estimate of drug-likeness (QED) is 0.637. The summed E-state index contributed by atoms with van der Waals surface area (Å²) >= 11 is 0. The molecule has 0 aliphatic carbocycles. The van der Waals surface area contributed by atoms with E-state index in [-0.39, 0.29) is 17.6 Å². The predicted molar refractivity (Wildman–Crippen MR) is 107 cm³/mol. The van der Waals surface area contributed by atoms with Gasteiger partial charge in [0, 0.05) is 5.41 Å². The Morgan fingerprint density at radius 1 is 0.741 bits per heavy atom. The van der Waals surface area contributed by atoms with Gasteiger partial charge in [0.05, 0.1) is 13.2 Å². The Bertz CT molecular complexity index is 637. The highest BCUT2D eigenvalue weighted by Gasteiger charge is 2.25. The lowest BCUT2D eigenvalue weighted by Gasteiger charge is -2.26. The van der Waals surface area contributed by atoms with Gasteiger partial charge in [-0.3, -0.25) is 0 Å². The molecule has 2 saturated heterocycles. The fraction of sp³-hybridized carbons (Fsp3) is 0.478. The molecule has 146 valence electrons. The van der Waals surface area contributed by atoms with Crippen LogP contribution in [0, 0.1) is 0 Å². The zero-order valence-corrected chi connectivity index (χ0v) is 16.7. The molecule has 0 spiro atoms. The van der Waals surface area contributed by atoms with Crippen molar-refractivity contribution in [2.45, 2.75) is 45.3 Å². The summed E-state index contributed by atoms with van der Waals surface area (Å²) in [5, 5.41) is 0. The van der Waals surface area contributed by atoms with Gasteiger partial charge in [0.2, 0.25) is 0 Å². The smallest absolute Gasteiger partial charge is 0.119 e. The van der Waals surface area contributed by atoms with E-state index in [2.05, 4.69) is 38.1 Å². The van der Waals surface area contributed by atoms with Gasteiger partial charge in [-0.1, -0.05) is 52.0 Å². The summed E-state index contributed by atoms with van der Waals surface area (Å²) in [5.74, 6) is 1.78. The van der Waals surface area contributed by atoms with Crippen LogP contribution >= 0.6 is 0 Å². The first kappa shape index (κ1) is 19.7. The van der Waals surface area contributed by atoms with Crippen molar-refractivity contribution in [2.24, 2.45) is 0 Å². The van der Waals surface area contributed by atoms with E-state index in [9.17, 15) is 0 Å². The van der Waals surface area contributed by atoms with Crippen LogP contribution in [0.4, 0.5) is 0 Å². The molecule has 2 unspecified atom stereocenters. The van der Waals surface area contributed by atoms with Crippen molar-refractivity contribution in [3.8, 4) is 11.5 Å². The van der Waals surface area contributed by atoms with Crippen LogP contribution in [-0.4, -0.2) is 38.6 Å². The normalized spacial score (nSPS) is 20.3. The fourth-order valence-electron chi connectivity index (χ4n) is 2.81. The van der Waals surface area contributed by atoms with Crippen molar-refractivity contribution in [1.29, 1.82) is 0 Å². The zero-order chi connectivity index (χ0) is 19.3. The first-order chi connectivity index (χ1) is 13.1. The second-order valence-corrected chi connectivity index (χ2v) is 7.21. The molecule has 0 bridgehead atoms. The number of ether oxygens (including phenoxy) is 4. The Morgan fingerprint density at radius 3 is 1.37 bits per heavy atom. The molecule has 2 aromatic rings. The van der Waals surface area contributed by atoms with Crippen molar-refractivity contribution in [3.05, 3.63) is 59.7 Å². The average molecular weight is 370 g/mol. The second kappa shape index (κ2) is 8.77. The second-order valence-electron chi connectivity index (χ2n) is 7.21. The maximum Gasteiger partial charge on any atom is 0.119 e. The molecular weight excluding hydrogens is 340 g/mol. The SMILES string of the molecule is CC.CC(C)(c1ccc(OCC2CO2)cc1)c1ccc(OCC2CO2)cc1. The summed E-state index contributed by atoms with van der Waals surface area (Å²) in [6.07, 6.45) is 0.562. The Balaban J connectivity index is 0.00000102. The molecule has 0 amide bonds. The van der Waals surface area contributed by atoms with E-state index < -0.39 is 0 Å². The highest BCUT2D eigenvalue weighted by molar-refractivity contribution is 5.41. The molecule has 2 atom stereocenters. The molecule has 2 heterocycles. The van der Waals surface area contributed by atoms with Crippen LogP contribution < -0.4 is 9.47 Å². The summed E-state index contributed by atoms with van der Waals surface area (Å²) < 4.78 is 21.8. The summed E-state index contributed by atoms with van der Waals surface area (Å²) in [4.78, 5) is 0. The molecule has 0 N–H and O–H groups in total. The Hall–Kier alpha value is -2.04. The van der Waals surface area contributed by atoms with Gasteiger partial charge >= 0.3 is 0 Å². The van der Waals surface area contributed by atoms with Crippen LogP contribution in [0.25, 0.3) is 0 Å². The third kappa shape index (κ3) is 5.47. The van der Waals surface area contributed by atoms with Crippen LogP contribution in [0.3, 0.4) is 0 Å². The summed E-state index contributed by atoms with van der Waals surface area (Å²) in [6, 6.07) is 16.7. The van der Waals surface area contributed by atoms with Gasteiger partial charge in [0.15, 0.2) is 0 Å². The number of hydrogen-bond donors (Lipinski definition) is 0. The van der Waals surface area contributed by atoms with Gasteiger partial charge in [-0.15, -0.1) is 0 Å². The lowest BCUT2D eigenvalue weighted by atomic mass is 9.78.